The Morgan fingerprint density at radius 2 is 2.33 bits per heavy atom. The van der Waals surface area contributed by atoms with Crippen LogP contribution >= 0.6 is 0 Å². The summed E-state index contributed by atoms with van der Waals surface area (Å²) < 4.78 is 4.91. The molecule has 0 atom stereocenters. The molecule has 0 aliphatic carbocycles. The van der Waals surface area contributed by atoms with Gasteiger partial charge in [0.1, 0.15) is 11.3 Å². The molecule has 1 aromatic carbocycles. The molecule has 1 rings (SSSR count). The van der Waals surface area contributed by atoms with Gasteiger partial charge in [-0.15, -0.1) is 0 Å². The minimum atomic E-state index is -1.04. The van der Waals surface area contributed by atoms with Crippen LogP contribution in [0.25, 0.3) is 0 Å². The molecule has 0 saturated carbocycles. The highest BCUT2D eigenvalue weighted by atomic mass is 16.5. The van der Waals surface area contributed by atoms with E-state index in [1.807, 2.05) is 0 Å². The largest absolute Gasteiger partial charge is 0.496 e. The van der Waals surface area contributed by atoms with Gasteiger partial charge in [-0.2, -0.15) is 0 Å². The third-order valence-electron chi connectivity index (χ3n) is 1.76. The molecule has 0 saturated heterocycles. The summed E-state index contributed by atoms with van der Waals surface area (Å²) in [5.74, 6) is 4.69. The minimum Gasteiger partial charge on any atom is -0.496 e. The molecule has 0 radical (unpaired) electrons. The molecule has 0 bridgehead atoms. The van der Waals surface area contributed by atoms with E-state index in [-0.39, 0.29) is 12.1 Å². The van der Waals surface area contributed by atoms with Gasteiger partial charge in [0.25, 0.3) is 0 Å². The number of hydrogen-bond acceptors (Lipinski definition) is 3. The summed E-state index contributed by atoms with van der Waals surface area (Å²) in [6.07, 6.45) is 0. The quantitative estimate of drug-likeness (QED) is 0.697. The van der Waals surface area contributed by atoms with Gasteiger partial charge in [-0.1, -0.05) is 11.8 Å². The molecule has 0 aliphatic rings. The molecular formula is C11H11NO3. The highest BCUT2D eigenvalue weighted by Gasteiger charge is 2.10. The summed E-state index contributed by atoms with van der Waals surface area (Å²) in [6, 6.07) is 4.72. The van der Waals surface area contributed by atoms with Crippen LogP contribution in [-0.2, 0) is 0 Å². The van der Waals surface area contributed by atoms with E-state index in [2.05, 4.69) is 11.8 Å². The first-order chi connectivity index (χ1) is 7.19. The predicted molar refractivity (Wildman–Crippen MR) is 55.9 cm³/mol. The zero-order chi connectivity index (χ0) is 11.3. The third kappa shape index (κ3) is 2.73. The van der Waals surface area contributed by atoms with Crippen LogP contribution in [0.15, 0.2) is 18.2 Å². The Bertz CT molecular complexity index is 429. The lowest BCUT2D eigenvalue weighted by molar-refractivity contribution is 0.0693. The maximum atomic E-state index is 10.9. The number of nitrogens with two attached hydrogens (primary N) is 1. The summed E-state index contributed by atoms with van der Waals surface area (Å²) >= 11 is 0. The van der Waals surface area contributed by atoms with Crippen LogP contribution in [0.4, 0.5) is 0 Å². The fourth-order valence-corrected chi connectivity index (χ4v) is 1.11. The normalized spacial score (nSPS) is 8.93. The Kier molecular flexibility index (Phi) is 3.72. The van der Waals surface area contributed by atoms with Gasteiger partial charge in [0.05, 0.1) is 13.7 Å². The average molecular weight is 205 g/mol. The van der Waals surface area contributed by atoms with E-state index in [9.17, 15) is 4.79 Å². The zero-order valence-corrected chi connectivity index (χ0v) is 8.28. The second-order valence-corrected chi connectivity index (χ2v) is 2.73. The predicted octanol–water partition coefficient (Wildman–Crippen LogP) is 0.704. The number of ether oxygens (including phenoxy) is 1. The van der Waals surface area contributed by atoms with E-state index in [0.717, 1.165) is 0 Å². The lowest BCUT2D eigenvalue weighted by atomic mass is 10.1. The highest BCUT2D eigenvalue weighted by Crippen LogP contribution is 2.19. The second-order valence-electron chi connectivity index (χ2n) is 2.73. The van der Waals surface area contributed by atoms with Crippen molar-refractivity contribution in [2.45, 2.75) is 0 Å². The number of carboxylic acids is 1. The van der Waals surface area contributed by atoms with Gasteiger partial charge < -0.3 is 15.6 Å². The zero-order valence-electron chi connectivity index (χ0n) is 8.28. The molecule has 15 heavy (non-hydrogen) atoms. The van der Waals surface area contributed by atoms with Gasteiger partial charge >= 0.3 is 5.97 Å². The summed E-state index contributed by atoms with van der Waals surface area (Å²) in [5.41, 5.74) is 5.92. The lowest BCUT2D eigenvalue weighted by Gasteiger charge is -2.04. The Morgan fingerprint density at radius 1 is 1.60 bits per heavy atom. The molecule has 0 aromatic heterocycles. The van der Waals surface area contributed by atoms with Crippen LogP contribution in [0.5, 0.6) is 5.75 Å². The average Bonchev–Trinajstić information content (AvgIpc) is 2.25. The third-order valence-corrected chi connectivity index (χ3v) is 1.76. The number of rotatable bonds is 2. The van der Waals surface area contributed by atoms with Crippen molar-refractivity contribution in [3.63, 3.8) is 0 Å². The van der Waals surface area contributed by atoms with Crippen LogP contribution in [0.3, 0.4) is 0 Å². The summed E-state index contributed by atoms with van der Waals surface area (Å²) in [7, 11) is 1.42. The topological polar surface area (TPSA) is 72.5 Å². The summed E-state index contributed by atoms with van der Waals surface area (Å²) in [4.78, 5) is 10.9. The molecule has 4 nitrogen and oxygen atoms in total. The molecule has 0 fully saturated rings. The van der Waals surface area contributed by atoms with Crippen LogP contribution < -0.4 is 10.5 Å². The summed E-state index contributed by atoms with van der Waals surface area (Å²) in [6.45, 7) is 0.244. The van der Waals surface area contributed by atoms with E-state index in [1.54, 1.807) is 12.1 Å². The van der Waals surface area contributed by atoms with Crippen molar-refractivity contribution in [3.8, 4) is 17.6 Å². The molecule has 0 spiro atoms. The molecular weight excluding hydrogens is 194 g/mol. The summed E-state index contributed by atoms with van der Waals surface area (Å²) in [5, 5.41) is 8.89. The Morgan fingerprint density at radius 3 is 2.87 bits per heavy atom. The van der Waals surface area contributed by atoms with Gasteiger partial charge in [-0.05, 0) is 18.2 Å². The maximum absolute atomic E-state index is 10.9. The molecule has 3 N–H and O–H groups in total. The molecule has 4 heteroatoms. The Balaban J connectivity index is 3.16. The van der Waals surface area contributed by atoms with E-state index >= 15 is 0 Å². The van der Waals surface area contributed by atoms with Crippen molar-refractivity contribution in [1.82, 2.24) is 0 Å². The molecule has 0 amide bonds. The van der Waals surface area contributed by atoms with Gasteiger partial charge in [-0.25, -0.2) is 4.79 Å². The SMILES string of the molecule is COc1ccc(C#CCN)cc1C(=O)O. The first-order valence-corrected chi connectivity index (χ1v) is 4.29. The van der Waals surface area contributed by atoms with Gasteiger partial charge in [-0.3, -0.25) is 0 Å². The number of carboxylic acid groups (broad SMARTS) is 1. The minimum absolute atomic E-state index is 0.0984. The van der Waals surface area contributed by atoms with Gasteiger partial charge in [0.2, 0.25) is 0 Å². The van der Waals surface area contributed by atoms with Crippen molar-refractivity contribution in [3.05, 3.63) is 29.3 Å². The van der Waals surface area contributed by atoms with Crippen molar-refractivity contribution < 1.29 is 14.6 Å². The highest BCUT2D eigenvalue weighted by molar-refractivity contribution is 5.91. The fraction of sp³-hybridized carbons (Fsp3) is 0.182. The van der Waals surface area contributed by atoms with Crippen LogP contribution in [0, 0.1) is 11.8 Å². The first kappa shape index (κ1) is 11.1. The molecule has 0 aliphatic heterocycles. The first-order valence-electron chi connectivity index (χ1n) is 4.29. The molecule has 1 aromatic rings. The van der Waals surface area contributed by atoms with E-state index in [1.165, 1.54) is 13.2 Å². The lowest BCUT2D eigenvalue weighted by Crippen LogP contribution is -2.01. The Hall–Kier alpha value is -1.99. The second kappa shape index (κ2) is 5.03. The monoisotopic (exact) mass is 205 g/mol. The number of benzene rings is 1. The van der Waals surface area contributed by atoms with Crippen LogP contribution in [0.2, 0.25) is 0 Å². The maximum Gasteiger partial charge on any atom is 0.339 e. The van der Waals surface area contributed by atoms with E-state index in [0.29, 0.717) is 11.3 Å². The van der Waals surface area contributed by atoms with Crippen molar-refractivity contribution in [2.75, 3.05) is 13.7 Å². The molecule has 0 unspecified atom stereocenters. The number of hydrogen-bond donors (Lipinski definition) is 2. The van der Waals surface area contributed by atoms with Crippen molar-refractivity contribution >= 4 is 5.97 Å². The van der Waals surface area contributed by atoms with E-state index < -0.39 is 5.97 Å². The Labute approximate surface area is 87.7 Å². The van der Waals surface area contributed by atoms with Crippen molar-refractivity contribution in [1.29, 1.82) is 0 Å². The molecule has 0 heterocycles. The smallest absolute Gasteiger partial charge is 0.339 e. The van der Waals surface area contributed by atoms with Gasteiger partial charge in [0, 0.05) is 5.56 Å². The van der Waals surface area contributed by atoms with Gasteiger partial charge in [0.15, 0.2) is 0 Å². The standard InChI is InChI=1S/C11H11NO3/c1-15-10-5-4-8(3-2-6-12)7-9(10)11(13)14/h4-5,7H,6,12H2,1H3,(H,13,14). The molecule has 78 valence electrons. The fourth-order valence-electron chi connectivity index (χ4n) is 1.11. The van der Waals surface area contributed by atoms with Crippen LogP contribution in [0.1, 0.15) is 15.9 Å². The van der Waals surface area contributed by atoms with E-state index in [4.69, 9.17) is 15.6 Å². The van der Waals surface area contributed by atoms with Crippen LogP contribution in [-0.4, -0.2) is 24.7 Å². The van der Waals surface area contributed by atoms with Crippen molar-refractivity contribution in [2.24, 2.45) is 5.73 Å². The number of carbonyl (C=O) groups is 1. The number of aromatic carboxylic acids is 1. The number of methoxy groups -OCH3 is 1.